The Morgan fingerprint density at radius 3 is 2.89 bits per heavy atom. The molecule has 1 fully saturated rings. The summed E-state index contributed by atoms with van der Waals surface area (Å²) in [4.78, 5) is 7.23. The zero-order valence-electron chi connectivity index (χ0n) is 17.4. The molecule has 0 spiro atoms. The van der Waals surface area contributed by atoms with Crippen molar-refractivity contribution in [2.24, 2.45) is 10.9 Å². The maximum Gasteiger partial charge on any atom is 0.193 e. The number of aromatic nitrogens is 2. The molecule has 1 unspecified atom stereocenters. The Hall–Kier alpha value is -2.34. The van der Waals surface area contributed by atoms with Crippen LogP contribution in [0.3, 0.4) is 0 Å². The summed E-state index contributed by atoms with van der Waals surface area (Å²) in [5.41, 5.74) is 3.50. The Kier molecular flexibility index (Phi) is 7.48. The third kappa shape index (κ3) is 5.35. The van der Waals surface area contributed by atoms with E-state index in [9.17, 15) is 0 Å². The largest absolute Gasteiger partial charge is 0.384 e. The van der Waals surface area contributed by atoms with Gasteiger partial charge >= 0.3 is 0 Å². The number of guanidine groups is 1. The summed E-state index contributed by atoms with van der Waals surface area (Å²) in [7, 11) is 1.78. The lowest BCUT2D eigenvalue weighted by Crippen LogP contribution is -2.40. The van der Waals surface area contributed by atoms with Crippen LogP contribution in [0.15, 0.2) is 41.5 Å². The van der Waals surface area contributed by atoms with Crippen molar-refractivity contribution in [1.82, 2.24) is 20.0 Å². The van der Waals surface area contributed by atoms with Crippen LogP contribution in [0.2, 0.25) is 0 Å². The van der Waals surface area contributed by atoms with Crippen molar-refractivity contribution < 1.29 is 4.74 Å². The Morgan fingerprint density at radius 1 is 1.32 bits per heavy atom. The van der Waals surface area contributed by atoms with E-state index in [4.69, 9.17) is 9.73 Å². The van der Waals surface area contributed by atoms with Crippen molar-refractivity contribution in [1.29, 1.82) is 0 Å². The number of rotatable bonds is 8. The Bertz CT molecular complexity index is 756. The molecule has 1 aromatic heterocycles. The third-order valence-electron chi connectivity index (χ3n) is 5.21. The Labute approximate surface area is 168 Å². The number of benzene rings is 1. The van der Waals surface area contributed by atoms with E-state index in [0.29, 0.717) is 5.92 Å². The quantitative estimate of drug-likeness (QED) is 0.432. The maximum absolute atomic E-state index is 5.31. The first-order chi connectivity index (χ1) is 13.7. The van der Waals surface area contributed by atoms with Gasteiger partial charge in [-0.1, -0.05) is 18.2 Å². The highest BCUT2D eigenvalue weighted by atomic mass is 16.5. The number of para-hydroxylation sites is 1. The van der Waals surface area contributed by atoms with Crippen molar-refractivity contribution >= 4 is 5.96 Å². The van der Waals surface area contributed by atoms with E-state index in [1.54, 1.807) is 7.11 Å². The standard InChI is InChI=1S/C22H33N5O/c1-4-23-22(26-14-12-19(15-26)17-28-3)24-13-8-9-20-16-27(25-18(20)2)21-10-6-5-7-11-21/h5-7,10-11,16,19H,4,8-9,12-15,17H2,1-3H3,(H,23,24). The average molecular weight is 384 g/mol. The van der Waals surface area contributed by atoms with Gasteiger partial charge in [-0.3, -0.25) is 4.99 Å². The molecule has 6 heteroatoms. The fourth-order valence-corrected chi connectivity index (χ4v) is 3.73. The summed E-state index contributed by atoms with van der Waals surface area (Å²) >= 11 is 0. The van der Waals surface area contributed by atoms with E-state index < -0.39 is 0 Å². The number of aliphatic imine (C=N–C) groups is 1. The molecule has 1 aliphatic heterocycles. The van der Waals surface area contributed by atoms with Gasteiger partial charge in [-0.2, -0.15) is 5.10 Å². The van der Waals surface area contributed by atoms with Crippen molar-refractivity contribution in [3.05, 3.63) is 47.8 Å². The van der Waals surface area contributed by atoms with Gasteiger partial charge in [-0.25, -0.2) is 4.68 Å². The normalized spacial score (nSPS) is 17.3. The Balaban J connectivity index is 1.54. The van der Waals surface area contributed by atoms with E-state index in [0.717, 1.165) is 63.0 Å². The summed E-state index contributed by atoms with van der Waals surface area (Å²) in [5.74, 6) is 1.65. The van der Waals surface area contributed by atoms with Crippen LogP contribution in [-0.4, -0.2) is 60.5 Å². The second-order valence-corrected chi connectivity index (χ2v) is 7.42. The van der Waals surface area contributed by atoms with E-state index in [2.05, 4.69) is 47.5 Å². The van der Waals surface area contributed by atoms with Crippen LogP contribution in [0.25, 0.3) is 5.69 Å². The average Bonchev–Trinajstić information content (AvgIpc) is 3.32. The molecule has 1 saturated heterocycles. The van der Waals surface area contributed by atoms with Crippen LogP contribution in [0.5, 0.6) is 0 Å². The predicted octanol–water partition coefficient (Wildman–Crippen LogP) is 3.05. The van der Waals surface area contributed by atoms with Gasteiger partial charge in [0.1, 0.15) is 0 Å². The molecule has 0 aliphatic carbocycles. The highest BCUT2D eigenvalue weighted by Gasteiger charge is 2.24. The summed E-state index contributed by atoms with van der Waals surface area (Å²) in [5, 5.41) is 8.10. The summed E-state index contributed by atoms with van der Waals surface area (Å²) in [6.45, 7) is 8.85. The summed E-state index contributed by atoms with van der Waals surface area (Å²) in [6, 6.07) is 10.3. The molecule has 28 heavy (non-hydrogen) atoms. The first kappa shape index (κ1) is 20.4. The topological polar surface area (TPSA) is 54.7 Å². The number of nitrogens with zero attached hydrogens (tertiary/aromatic N) is 4. The fraction of sp³-hybridized carbons (Fsp3) is 0.545. The molecule has 2 aromatic rings. The third-order valence-corrected chi connectivity index (χ3v) is 5.21. The molecule has 1 atom stereocenters. The van der Waals surface area contributed by atoms with E-state index in [1.807, 2.05) is 22.9 Å². The lowest BCUT2D eigenvalue weighted by molar-refractivity contribution is 0.157. The fourth-order valence-electron chi connectivity index (χ4n) is 3.73. The Morgan fingerprint density at radius 2 is 2.14 bits per heavy atom. The molecule has 152 valence electrons. The molecule has 3 rings (SSSR count). The molecule has 0 amide bonds. The van der Waals surface area contributed by atoms with Gasteiger partial charge in [0.05, 0.1) is 18.0 Å². The predicted molar refractivity (Wildman–Crippen MR) is 114 cm³/mol. The van der Waals surface area contributed by atoms with E-state index >= 15 is 0 Å². The molecule has 0 radical (unpaired) electrons. The molecule has 2 heterocycles. The maximum atomic E-state index is 5.31. The number of aryl methyl sites for hydroxylation is 2. The van der Waals surface area contributed by atoms with Crippen LogP contribution in [-0.2, 0) is 11.2 Å². The van der Waals surface area contributed by atoms with Crippen molar-refractivity contribution in [2.75, 3.05) is 39.9 Å². The monoisotopic (exact) mass is 383 g/mol. The van der Waals surface area contributed by atoms with Crippen molar-refractivity contribution in [3.8, 4) is 5.69 Å². The van der Waals surface area contributed by atoms with Crippen molar-refractivity contribution in [2.45, 2.75) is 33.1 Å². The van der Waals surface area contributed by atoms with Gasteiger partial charge in [0.15, 0.2) is 5.96 Å². The summed E-state index contributed by atoms with van der Waals surface area (Å²) < 4.78 is 7.28. The number of hydrogen-bond donors (Lipinski definition) is 1. The number of ether oxygens (including phenoxy) is 1. The van der Waals surface area contributed by atoms with Gasteiger partial charge in [0.25, 0.3) is 0 Å². The minimum absolute atomic E-state index is 0.611. The SMILES string of the molecule is CCNC(=NCCCc1cn(-c2ccccc2)nc1C)N1CCC(COC)C1. The number of likely N-dealkylation sites (tertiary alicyclic amines) is 1. The first-order valence-corrected chi connectivity index (χ1v) is 10.3. The zero-order valence-corrected chi connectivity index (χ0v) is 17.4. The molecular formula is C22H33N5O. The second-order valence-electron chi connectivity index (χ2n) is 7.42. The summed E-state index contributed by atoms with van der Waals surface area (Å²) in [6.07, 6.45) is 5.34. The zero-order chi connectivity index (χ0) is 19.8. The van der Waals surface area contributed by atoms with Crippen LogP contribution in [0.1, 0.15) is 31.0 Å². The van der Waals surface area contributed by atoms with Crippen LogP contribution in [0, 0.1) is 12.8 Å². The minimum Gasteiger partial charge on any atom is -0.384 e. The molecule has 0 saturated carbocycles. The van der Waals surface area contributed by atoms with E-state index in [-0.39, 0.29) is 0 Å². The first-order valence-electron chi connectivity index (χ1n) is 10.3. The van der Waals surface area contributed by atoms with Gasteiger partial charge in [-0.05, 0) is 50.8 Å². The van der Waals surface area contributed by atoms with Gasteiger partial charge in [0, 0.05) is 45.4 Å². The van der Waals surface area contributed by atoms with Crippen LogP contribution < -0.4 is 5.32 Å². The lowest BCUT2D eigenvalue weighted by Gasteiger charge is -2.21. The van der Waals surface area contributed by atoms with Gasteiger partial charge in [-0.15, -0.1) is 0 Å². The molecule has 1 aromatic carbocycles. The second kappa shape index (κ2) is 10.3. The molecule has 1 aliphatic rings. The van der Waals surface area contributed by atoms with Crippen LogP contribution >= 0.6 is 0 Å². The molecular weight excluding hydrogens is 350 g/mol. The molecule has 6 nitrogen and oxygen atoms in total. The van der Waals surface area contributed by atoms with Gasteiger partial charge in [0.2, 0.25) is 0 Å². The molecule has 1 N–H and O–H groups in total. The van der Waals surface area contributed by atoms with Crippen LogP contribution in [0.4, 0.5) is 0 Å². The van der Waals surface area contributed by atoms with E-state index in [1.165, 1.54) is 12.0 Å². The number of hydrogen-bond acceptors (Lipinski definition) is 3. The lowest BCUT2D eigenvalue weighted by atomic mass is 10.1. The highest BCUT2D eigenvalue weighted by Crippen LogP contribution is 2.17. The van der Waals surface area contributed by atoms with Gasteiger partial charge < -0.3 is 15.0 Å². The highest BCUT2D eigenvalue weighted by molar-refractivity contribution is 5.80. The van der Waals surface area contributed by atoms with Crippen molar-refractivity contribution in [3.63, 3.8) is 0 Å². The minimum atomic E-state index is 0.611. The number of nitrogens with one attached hydrogen (secondary N) is 1. The molecule has 0 bridgehead atoms. The smallest absolute Gasteiger partial charge is 0.193 e. The number of methoxy groups -OCH3 is 1.